The quantitative estimate of drug-likeness (QED) is 0.398. The fourth-order valence-corrected chi connectivity index (χ4v) is 1.20. The average Bonchev–Trinajstić information content (AvgIpc) is 1.85. The van der Waals surface area contributed by atoms with Gasteiger partial charge < -0.3 is 0 Å². The predicted octanol–water partition coefficient (Wildman–Crippen LogP) is 1.15. The molecule has 0 heterocycles. The first-order chi connectivity index (χ1) is 5.09. The van der Waals surface area contributed by atoms with Crippen molar-refractivity contribution in [2.45, 2.75) is 0 Å². The minimum absolute atomic E-state index is 0.00289. The molecule has 0 atom stereocenters. The van der Waals surface area contributed by atoms with Gasteiger partial charge in [0.15, 0.2) is 0 Å². The Balaban J connectivity index is 3.19. The summed E-state index contributed by atoms with van der Waals surface area (Å²) in [5.41, 5.74) is 0.378. The van der Waals surface area contributed by atoms with Gasteiger partial charge in [0.05, 0.1) is 4.92 Å². The lowest BCUT2D eigenvalue weighted by molar-refractivity contribution is -0.384. The van der Waals surface area contributed by atoms with Crippen LogP contribution < -0.4 is 5.46 Å². The Labute approximate surface area is 73.1 Å². The maximum atomic E-state index is 10.2. The Morgan fingerprint density at radius 3 is 2.55 bits per heavy atom. The molecule has 0 N–H and O–H groups in total. The van der Waals surface area contributed by atoms with Gasteiger partial charge in [-0.1, -0.05) is 27.5 Å². The number of hydrogen-bond acceptors (Lipinski definition) is 2. The highest BCUT2D eigenvalue weighted by molar-refractivity contribution is 9.10. The van der Waals surface area contributed by atoms with Crippen LogP contribution in [0.5, 0.6) is 0 Å². The smallest absolute Gasteiger partial charge is 0.258 e. The fourth-order valence-electron chi connectivity index (χ4n) is 0.702. The van der Waals surface area contributed by atoms with Crippen molar-refractivity contribution in [2.24, 2.45) is 0 Å². The summed E-state index contributed by atoms with van der Waals surface area (Å²) in [6, 6.07) is 4.31. The van der Waals surface area contributed by atoms with E-state index in [1.807, 2.05) is 0 Å². The topological polar surface area (TPSA) is 43.1 Å². The van der Waals surface area contributed by atoms with E-state index in [4.69, 9.17) is 7.85 Å². The van der Waals surface area contributed by atoms with E-state index in [9.17, 15) is 10.1 Å². The summed E-state index contributed by atoms with van der Waals surface area (Å²) >= 11 is 3.10. The number of benzene rings is 1. The van der Waals surface area contributed by atoms with E-state index in [2.05, 4.69) is 15.9 Å². The molecule has 0 unspecified atom stereocenters. The van der Waals surface area contributed by atoms with E-state index in [1.54, 1.807) is 6.07 Å². The molecule has 0 fully saturated rings. The number of nitrogens with zero attached hydrogens (tertiary/aromatic N) is 1. The maximum absolute atomic E-state index is 10.2. The summed E-state index contributed by atoms with van der Waals surface area (Å²) < 4.78 is 0.615. The van der Waals surface area contributed by atoms with Crippen LogP contribution >= 0.6 is 15.9 Å². The van der Waals surface area contributed by atoms with E-state index in [0.717, 1.165) is 0 Å². The Kier molecular flexibility index (Phi) is 2.29. The third kappa shape index (κ3) is 2.05. The van der Waals surface area contributed by atoms with Crippen LogP contribution in [0.2, 0.25) is 0 Å². The minimum atomic E-state index is -0.485. The second-order valence-corrected chi connectivity index (χ2v) is 2.92. The van der Waals surface area contributed by atoms with Gasteiger partial charge in [0.25, 0.3) is 5.69 Å². The molecule has 1 aromatic rings. The Morgan fingerprint density at radius 1 is 1.45 bits per heavy atom. The van der Waals surface area contributed by atoms with Gasteiger partial charge in [-0.15, -0.1) is 0 Å². The van der Waals surface area contributed by atoms with Gasteiger partial charge in [-0.3, -0.25) is 10.1 Å². The lowest BCUT2D eigenvalue weighted by Crippen LogP contribution is -2.02. The van der Waals surface area contributed by atoms with Gasteiger partial charge in [0.2, 0.25) is 0 Å². The summed E-state index contributed by atoms with van der Waals surface area (Å²) in [6.45, 7) is 0. The number of non-ortho nitro benzene ring substituents is 1. The monoisotopic (exact) mass is 211 g/mol. The van der Waals surface area contributed by atoms with Crippen LogP contribution in [0.15, 0.2) is 22.7 Å². The molecule has 5 heteroatoms. The molecule has 1 rings (SSSR count). The SMILES string of the molecule is [B]c1cc(Br)cc([N+](=O)[O-])c1. The summed E-state index contributed by atoms with van der Waals surface area (Å²) in [7, 11) is 5.36. The van der Waals surface area contributed by atoms with Crippen LogP contribution in [0.25, 0.3) is 0 Å². The van der Waals surface area contributed by atoms with Crippen molar-refractivity contribution in [3.8, 4) is 0 Å². The fraction of sp³-hybridized carbons (Fsp3) is 0. The molecule has 54 valence electrons. The molecule has 0 aromatic heterocycles. The van der Waals surface area contributed by atoms with Crippen molar-refractivity contribution in [3.63, 3.8) is 0 Å². The summed E-state index contributed by atoms with van der Waals surface area (Å²) in [4.78, 5) is 9.75. The van der Waals surface area contributed by atoms with Crippen molar-refractivity contribution >= 4 is 34.9 Å². The molecule has 0 aliphatic heterocycles. The first-order valence-electron chi connectivity index (χ1n) is 2.80. The molecular weight excluding hydrogens is 209 g/mol. The highest BCUT2D eigenvalue weighted by atomic mass is 79.9. The number of nitro groups is 1. The molecule has 0 amide bonds. The van der Waals surface area contributed by atoms with Crippen molar-refractivity contribution < 1.29 is 4.92 Å². The third-order valence-corrected chi connectivity index (χ3v) is 1.57. The summed E-state index contributed by atoms with van der Waals surface area (Å²) in [5.74, 6) is 0. The van der Waals surface area contributed by atoms with Crippen molar-refractivity contribution in [1.29, 1.82) is 0 Å². The lowest BCUT2D eigenvalue weighted by Gasteiger charge is -1.94. The first-order valence-corrected chi connectivity index (χ1v) is 3.59. The van der Waals surface area contributed by atoms with Crippen molar-refractivity contribution in [2.75, 3.05) is 0 Å². The molecule has 1 aromatic carbocycles. The summed E-state index contributed by atoms with van der Waals surface area (Å²) in [6.07, 6.45) is 0. The molecule has 0 aliphatic rings. The lowest BCUT2D eigenvalue weighted by atomic mass is 9.96. The van der Waals surface area contributed by atoms with E-state index in [-0.39, 0.29) is 5.69 Å². The number of hydrogen-bond donors (Lipinski definition) is 0. The van der Waals surface area contributed by atoms with E-state index >= 15 is 0 Å². The zero-order valence-electron chi connectivity index (χ0n) is 5.45. The second kappa shape index (κ2) is 3.05. The first kappa shape index (κ1) is 8.26. The Morgan fingerprint density at radius 2 is 2.09 bits per heavy atom. The molecule has 0 spiro atoms. The maximum Gasteiger partial charge on any atom is 0.269 e. The zero-order valence-corrected chi connectivity index (χ0v) is 7.04. The van der Waals surface area contributed by atoms with Gasteiger partial charge in [-0.25, -0.2) is 0 Å². The minimum Gasteiger partial charge on any atom is -0.258 e. The predicted molar refractivity (Wildman–Crippen MR) is 46.2 cm³/mol. The molecule has 0 bridgehead atoms. The van der Waals surface area contributed by atoms with Gasteiger partial charge in [0.1, 0.15) is 7.85 Å². The van der Waals surface area contributed by atoms with Gasteiger partial charge in [-0.2, -0.15) is 0 Å². The van der Waals surface area contributed by atoms with Crippen LogP contribution in [0, 0.1) is 10.1 Å². The highest BCUT2D eigenvalue weighted by Gasteiger charge is 2.05. The zero-order chi connectivity index (χ0) is 8.43. The van der Waals surface area contributed by atoms with Crippen LogP contribution in [0.3, 0.4) is 0 Å². The number of halogens is 1. The van der Waals surface area contributed by atoms with E-state index < -0.39 is 4.92 Å². The van der Waals surface area contributed by atoms with Gasteiger partial charge >= 0.3 is 0 Å². The Bertz CT molecular complexity index is 282. The molecular formula is C6H3BBrNO2. The molecule has 0 aliphatic carbocycles. The largest absolute Gasteiger partial charge is 0.269 e. The molecule has 11 heavy (non-hydrogen) atoms. The highest BCUT2D eigenvalue weighted by Crippen LogP contribution is 2.15. The van der Waals surface area contributed by atoms with Crippen molar-refractivity contribution in [3.05, 3.63) is 32.8 Å². The molecule has 2 radical (unpaired) electrons. The molecule has 0 saturated carbocycles. The van der Waals surface area contributed by atoms with Crippen LogP contribution in [0.1, 0.15) is 0 Å². The Hall–Kier alpha value is -0.835. The van der Waals surface area contributed by atoms with Gasteiger partial charge in [-0.05, 0) is 0 Å². The van der Waals surface area contributed by atoms with Crippen LogP contribution in [-0.2, 0) is 0 Å². The third-order valence-electron chi connectivity index (χ3n) is 1.12. The average molecular weight is 212 g/mol. The standard InChI is InChI=1S/C6H3BBrNO2/c7-4-1-5(8)3-6(2-4)9(10)11/h1-3H. The van der Waals surface area contributed by atoms with Gasteiger partial charge in [0, 0.05) is 16.6 Å². The normalized spacial score (nSPS) is 9.55. The molecule has 3 nitrogen and oxygen atoms in total. The number of nitro benzene ring substituents is 1. The second-order valence-electron chi connectivity index (χ2n) is 2.00. The van der Waals surface area contributed by atoms with Crippen molar-refractivity contribution in [1.82, 2.24) is 0 Å². The summed E-state index contributed by atoms with van der Waals surface area (Å²) in [5, 5.41) is 10.2. The van der Waals surface area contributed by atoms with E-state index in [0.29, 0.717) is 9.94 Å². The van der Waals surface area contributed by atoms with E-state index in [1.165, 1.54) is 12.1 Å². The number of rotatable bonds is 1. The molecule has 0 saturated heterocycles. The van der Waals surface area contributed by atoms with Crippen LogP contribution in [0.4, 0.5) is 5.69 Å². The van der Waals surface area contributed by atoms with Crippen LogP contribution in [-0.4, -0.2) is 12.8 Å².